The highest BCUT2D eigenvalue weighted by Crippen LogP contribution is 2.39. The summed E-state index contributed by atoms with van der Waals surface area (Å²) in [6.07, 6.45) is 0.971. The van der Waals surface area contributed by atoms with Gasteiger partial charge >= 0.3 is 0 Å². The number of halogens is 4. The smallest absolute Gasteiger partial charge is 0.123 e. The Hall–Kier alpha value is -0.130. The summed E-state index contributed by atoms with van der Waals surface area (Å²) in [4.78, 5) is 0. The van der Waals surface area contributed by atoms with Crippen molar-refractivity contribution in [1.29, 1.82) is 0 Å². The monoisotopic (exact) mass is 395 g/mol. The normalized spacial score (nSPS) is 12.7. The fourth-order valence-electron chi connectivity index (χ4n) is 1.96. The molecule has 1 aromatic carbocycles. The van der Waals surface area contributed by atoms with Crippen LogP contribution in [0.5, 0.6) is 0 Å². The molecule has 1 N–H and O–H groups in total. The van der Waals surface area contributed by atoms with Crippen LogP contribution in [0.15, 0.2) is 28.7 Å². The molecule has 20 heavy (non-hydrogen) atoms. The fourth-order valence-corrected chi connectivity index (χ4v) is 3.97. The highest BCUT2D eigenvalue weighted by atomic mass is 79.9. The molecule has 0 aliphatic rings. The lowest BCUT2D eigenvalue weighted by molar-refractivity contribution is 0.585. The van der Waals surface area contributed by atoms with Crippen molar-refractivity contribution in [2.45, 2.75) is 19.4 Å². The van der Waals surface area contributed by atoms with Gasteiger partial charge in [0.15, 0.2) is 0 Å². The van der Waals surface area contributed by atoms with Crippen LogP contribution in [0.2, 0.25) is 8.67 Å². The van der Waals surface area contributed by atoms with Gasteiger partial charge in [-0.05, 0) is 42.8 Å². The summed E-state index contributed by atoms with van der Waals surface area (Å²) in [5.74, 6) is -0.274. The Bertz CT molecular complexity index is 603. The Morgan fingerprint density at radius 2 is 2.05 bits per heavy atom. The largest absolute Gasteiger partial charge is 0.306 e. The molecule has 1 aromatic heterocycles. The summed E-state index contributed by atoms with van der Waals surface area (Å²) in [6.45, 7) is 2.88. The fraction of sp³-hybridized carbons (Fsp3) is 0.286. The molecule has 1 nitrogen and oxygen atoms in total. The average Bonchev–Trinajstić information content (AvgIpc) is 2.73. The Morgan fingerprint density at radius 1 is 1.30 bits per heavy atom. The van der Waals surface area contributed by atoms with Crippen LogP contribution in [0.4, 0.5) is 4.39 Å². The number of hydrogen-bond donors (Lipinski definition) is 1. The summed E-state index contributed by atoms with van der Waals surface area (Å²) < 4.78 is 15.6. The molecular weight excluding hydrogens is 384 g/mol. The predicted octanol–water partition coefficient (Wildman–Crippen LogP) is 6.05. The van der Waals surface area contributed by atoms with Gasteiger partial charge in [0.05, 0.1) is 14.7 Å². The van der Waals surface area contributed by atoms with Crippen LogP contribution in [-0.2, 0) is 0 Å². The second-order valence-corrected chi connectivity index (χ2v) is 7.47. The SMILES string of the molecule is CCCNC(c1cc(F)ccc1Br)c1cc(Cl)sc1Cl. The van der Waals surface area contributed by atoms with E-state index in [9.17, 15) is 4.39 Å². The molecule has 2 rings (SSSR count). The lowest BCUT2D eigenvalue weighted by atomic mass is 10.0. The molecule has 0 amide bonds. The van der Waals surface area contributed by atoms with Gasteiger partial charge in [-0.15, -0.1) is 11.3 Å². The maximum atomic E-state index is 13.5. The topological polar surface area (TPSA) is 12.0 Å². The zero-order valence-corrected chi connectivity index (χ0v) is 14.6. The summed E-state index contributed by atoms with van der Waals surface area (Å²) in [7, 11) is 0. The van der Waals surface area contributed by atoms with Crippen molar-refractivity contribution in [3.8, 4) is 0 Å². The third-order valence-electron chi connectivity index (χ3n) is 2.86. The summed E-state index contributed by atoms with van der Waals surface area (Å²) in [6, 6.07) is 6.29. The molecule has 0 fully saturated rings. The Labute approximate surface area is 140 Å². The van der Waals surface area contributed by atoms with Crippen molar-refractivity contribution in [2.24, 2.45) is 0 Å². The first-order valence-corrected chi connectivity index (χ1v) is 8.52. The molecule has 0 radical (unpaired) electrons. The minimum absolute atomic E-state index is 0.184. The van der Waals surface area contributed by atoms with E-state index in [-0.39, 0.29) is 11.9 Å². The predicted molar refractivity (Wildman–Crippen MR) is 88.6 cm³/mol. The van der Waals surface area contributed by atoms with Crippen LogP contribution < -0.4 is 5.32 Å². The summed E-state index contributed by atoms with van der Waals surface area (Å²) in [5, 5.41) is 3.39. The van der Waals surface area contributed by atoms with Crippen LogP contribution in [0.1, 0.15) is 30.5 Å². The van der Waals surface area contributed by atoms with Gasteiger partial charge in [0.1, 0.15) is 5.82 Å². The minimum Gasteiger partial charge on any atom is -0.306 e. The maximum absolute atomic E-state index is 13.5. The number of rotatable bonds is 5. The third-order valence-corrected chi connectivity index (χ3v) is 5.10. The van der Waals surface area contributed by atoms with Crippen LogP contribution in [0, 0.1) is 5.82 Å². The quantitative estimate of drug-likeness (QED) is 0.648. The van der Waals surface area contributed by atoms with Gasteiger partial charge in [-0.3, -0.25) is 0 Å². The highest BCUT2D eigenvalue weighted by molar-refractivity contribution is 9.10. The molecule has 1 heterocycles. The first-order chi connectivity index (χ1) is 9.52. The number of thiophene rings is 1. The lowest BCUT2D eigenvalue weighted by Crippen LogP contribution is -2.23. The molecular formula is C14H13BrCl2FNS. The lowest BCUT2D eigenvalue weighted by Gasteiger charge is -2.20. The number of hydrogen-bond acceptors (Lipinski definition) is 2. The molecule has 0 aliphatic carbocycles. The highest BCUT2D eigenvalue weighted by Gasteiger charge is 2.21. The maximum Gasteiger partial charge on any atom is 0.123 e. The van der Waals surface area contributed by atoms with Crippen molar-refractivity contribution in [1.82, 2.24) is 5.32 Å². The van der Waals surface area contributed by atoms with E-state index in [1.165, 1.54) is 23.5 Å². The molecule has 0 spiro atoms. The molecule has 6 heteroatoms. The van der Waals surface area contributed by atoms with E-state index < -0.39 is 0 Å². The van der Waals surface area contributed by atoms with E-state index >= 15 is 0 Å². The molecule has 1 unspecified atom stereocenters. The van der Waals surface area contributed by atoms with Crippen LogP contribution in [0.3, 0.4) is 0 Å². The summed E-state index contributed by atoms with van der Waals surface area (Å²) in [5.41, 5.74) is 1.69. The molecule has 2 aromatic rings. The van der Waals surface area contributed by atoms with Crippen LogP contribution >= 0.6 is 50.5 Å². The van der Waals surface area contributed by atoms with Crippen LogP contribution in [0.25, 0.3) is 0 Å². The van der Waals surface area contributed by atoms with E-state index in [1.54, 1.807) is 6.07 Å². The van der Waals surface area contributed by atoms with E-state index in [2.05, 4.69) is 28.2 Å². The molecule has 0 saturated heterocycles. The zero-order chi connectivity index (χ0) is 14.7. The molecule has 1 atom stereocenters. The Morgan fingerprint density at radius 3 is 2.65 bits per heavy atom. The Kier molecular flexibility index (Phi) is 5.87. The van der Waals surface area contributed by atoms with E-state index in [0.29, 0.717) is 8.67 Å². The molecule has 0 bridgehead atoms. The molecule has 108 valence electrons. The third kappa shape index (κ3) is 3.74. The second kappa shape index (κ2) is 7.23. The average molecular weight is 397 g/mol. The van der Waals surface area contributed by atoms with Gasteiger partial charge in [0, 0.05) is 10.0 Å². The van der Waals surface area contributed by atoms with Gasteiger partial charge in [0.2, 0.25) is 0 Å². The van der Waals surface area contributed by atoms with Crippen molar-refractivity contribution < 1.29 is 4.39 Å². The van der Waals surface area contributed by atoms with Crippen molar-refractivity contribution in [2.75, 3.05) is 6.54 Å². The van der Waals surface area contributed by atoms with Gasteiger partial charge in [-0.2, -0.15) is 0 Å². The van der Waals surface area contributed by atoms with Crippen molar-refractivity contribution >= 4 is 50.5 Å². The van der Waals surface area contributed by atoms with E-state index in [1.807, 2.05) is 6.07 Å². The van der Waals surface area contributed by atoms with Crippen molar-refractivity contribution in [3.63, 3.8) is 0 Å². The summed E-state index contributed by atoms with van der Waals surface area (Å²) >= 11 is 17.1. The van der Waals surface area contributed by atoms with Gasteiger partial charge < -0.3 is 5.32 Å². The number of nitrogens with one attached hydrogen (secondary N) is 1. The number of benzene rings is 1. The second-order valence-electron chi connectivity index (χ2n) is 4.33. The van der Waals surface area contributed by atoms with Gasteiger partial charge in [0.25, 0.3) is 0 Å². The molecule has 0 saturated carbocycles. The van der Waals surface area contributed by atoms with Crippen LogP contribution in [-0.4, -0.2) is 6.54 Å². The first kappa shape index (κ1) is 16.2. The van der Waals surface area contributed by atoms with E-state index in [4.69, 9.17) is 23.2 Å². The standard InChI is InChI=1S/C14H13BrCl2FNS/c1-2-5-19-13(10-7-12(16)20-14(10)17)9-6-8(18)3-4-11(9)15/h3-4,6-7,13,19H,2,5H2,1H3. The molecule has 0 aliphatic heterocycles. The Balaban J connectivity index is 2.46. The first-order valence-electron chi connectivity index (χ1n) is 6.16. The van der Waals surface area contributed by atoms with E-state index in [0.717, 1.165) is 28.6 Å². The van der Waals surface area contributed by atoms with Gasteiger partial charge in [-0.1, -0.05) is 46.1 Å². The van der Waals surface area contributed by atoms with Crippen molar-refractivity contribution in [3.05, 3.63) is 54.4 Å². The zero-order valence-electron chi connectivity index (χ0n) is 10.7. The minimum atomic E-state index is -0.274. The van der Waals surface area contributed by atoms with Gasteiger partial charge in [-0.25, -0.2) is 4.39 Å².